The first kappa shape index (κ1) is 16.2. The van der Waals surface area contributed by atoms with Crippen molar-refractivity contribution in [2.75, 3.05) is 19.1 Å². The van der Waals surface area contributed by atoms with Crippen LogP contribution in [-0.4, -0.2) is 24.2 Å². The van der Waals surface area contributed by atoms with Gasteiger partial charge in [-0.2, -0.15) is 0 Å². The zero-order valence-corrected chi connectivity index (χ0v) is 14.7. The van der Waals surface area contributed by atoms with Crippen LogP contribution in [0.3, 0.4) is 0 Å². The van der Waals surface area contributed by atoms with E-state index in [2.05, 4.69) is 18.6 Å². The summed E-state index contributed by atoms with van der Waals surface area (Å²) in [6, 6.07) is 15.9. The second-order valence-electron chi connectivity index (χ2n) is 5.64. The maximum absolute atomic E-state index is 9.20. The SMILES string of the molecule is CS1(C)Oc2ccccc2C(c2ccc(Cl)cc2)=C1/C=C/CO. The fourth-order valence-corrected chi connectivity index (χ4v) is 4.67. The molecule has 0 spiro atoms. The molecule has 120 valence electrons. The van der Waals surface area contributed by atoms with Gasteiger partial charge in [0.05, 0.1) is 6.61 Å². The standard InChI is InChI=1S/C19H19ClO2S/c1-23(2)18(8-5-13-21)19(14-9-11-15(20)12-10-14)16-6-3-4-7-17(16)22-23/h3-12,21H,13H2,1-2H3/b8-5+. The quantitative estimate of drug-likeness (QED) is 0.845. The number of rotatable bonds is 3. The summed E-state index contributed by atoms with van der Waals surface area (Å²) < 4.78 is 6.27. The smallest absolute Gasteiger partial charge is 0.143 e. The van der Waals surface area contributed by atoms with Crippen molar-refractivity contribution in [3.63, 3.8) is 0 Å². The second kappa shape index (κ2) is 6.44. The molecule has 4 heteroatoms. The molecule has 0 radical (unpaired) electrons. The van der Waals surface area contributed by atoms with Crippen molar-refractivity contribution < 1.29 is 9.29 Å². The number of aliphatic hydroxyl groups excluding tert-OH is 1. The van der Waals surface area contributed by atoms with E-state index in [1.807, 2.05) is 48.5 Å². The number of para-hydroxylation sites is 1. The molecule has 1 heterocycles. The van der Waals surface area contributed by atoms with E-state index < -0.39 is 10.3 Å². The minimum Gasteiger partial charge on any atom is -0.444 e. The molecule has 0 amide bonds. The zero-order chi connectivity index (χ0) is 16.4. The zero-order valence-electron chi connectivity index (χ0n) is 13.1. The molecule has 0 aliphatic carbocycles. The highest BCUT2D eigenvalue weighted by Crippen LogP contribution is 2.59. The second-order valence-corrected chi connectivity index (χ2v) is 9.15. The lowest BCUT2D eigenvalue weighted by Gasteiger charge is -2.39. The molecule has 2 aromatic rings. The number of fused-ring (bicyclic) bond motifs is 1. The molecule has 2 nitrogen and oxygen atoms in total. The summed E-state index contributed by atoms with van der Waals surface area (Å²) in [4.78, 5) is 1.12. The molecule has 3 rings (SSSR count). The highest BCUT2D eigenvalue weighted by molar-refractivity contribution is 8.32. The molecule has 0 aromatic heterocycles. The van der Waals surface area contributed by atoms with Crippen molar-refractivity contribution in [2.24, 2.45) is 0 Å². The van der Waals surface area contributed by atoms with Gasteiger partial charge in [0, 0.05) is 33.6 Å². The minimum absolute atomic E-state index is 0.00850. The highest BCUT2D eigenvalue weighted by atomic mass is 35.5. The van der Waals surface area contributed by atoms with Crippen molar-refractivity contribution in [3.05, 3.63) is 81.7 Å². The first-order valence-electron chi connectivity index (χ1n) is 7.33. The van der Waals surface area contributed by atoms with Crippen molar-refractivity contribution in [2.45, 2.75) is 0 Å². The fraction of sp³-hybridized carbons (Fsp3) is 0.158. The number of halogens is 1. The van der Waals surface area contributed by atoms with Crippen LogP contribution in [0.4, 0.5) is 0 Å². The molecule has 1 aliphatic heterocycles. The van der Waals surface area contributed by atoms with Gasteiger partial charge in [-0.25, -0.2) is 0 Å². The molecule has 0 atom stereocenters. The van der Waals surface area contributed by atoms with Gasteiger partial charge in [0.25, 0.3) is 0 Å². The van der Waals surface area contributed by atoms with Crippen LogP contribution in [0.1, 0.15) is 11.1 Å². The lowest BCUT2D eigenvalue weighted by molar-refractivity contribution is 0.342. The topological polar surface area (TPSA) is 29.5 Å². The Morgan fingerprint density at radius 3 is 2.48 bits per heavy atom. The van der Waals surface area contributed by atoms with Crippen LogP contribution in [-0.2, 0) is 0 Å². The van der Waals surface area contributed by atoms with E-state index in [0.29, 0.717) is 5.02 Å². The average molecular weight is 347 g/mol. The number of benzene rings is 2. The average Bonchev–Trinajstić information content (AvgIpc) is 2.53. The third kappa shape index (κ3) is 3.18. The third-order valence-corrected chi connectivity index (χ3v) is 5.99. The van der Waals surface area contributed by atoms with Crippen molar-refractivity contribution in [1.29, 1.82) is 0 Å². The minimum atomic E-state index is -1.47. The van der Waals surface area contributed by atoms with Crippen LogP contribution < -0.4 is 4.18 Å². The van der Waals surface area contributed by atoms with Crippen molar-refractivity contribution in [3.8, 4) is 5.75 Å². The van der Waals surface area contributed by atoms with E-state index >= 15 is 0 Å². The van der Waals surface area contributed by atoms with Gasteiger partial charge >= 0.3 is 0 Å². The summed E-state index contributed by atoms with van der Waals surface area (Å²) in [5.74, 6) is 0.901. The predicted molar refractivity (Wildman–Crippen MR) is 100 cm³/mol. The Hall–Kier alpha value is -1.68. The number of hydrogen-bond acceptors (Lipinski definition) is 2. The molecule has 23 heavy (non-hydrogen) atoms. The van der Waals surface area contributed by atoms with Gasteiger partial charge < -0.3 is 9.29 Å². The first-order chi connectivity index (χ1) is 11.0. The van der Waals surface area contributed by atoms with Crippen LogP contribution in [0.2, 0.25) is 5.02 Å². The van der Waals surface area contributed by atoms with Crippen molar-refractivity contribution in [1.82, 2.24) is 0 Å². The highest BCUT2D eigenvalue weighted by Gasteiger charge is 2.30. The molecular weight excluding hydrogens is 328 g/mol. The summed E-state index contributed by atoms with van der Waals surface area (Å²) in [5, 5.41) is 9.91. The van der Waals surface area contributed by atoms with E-state index in [9.17, 15) is 5.11 Å². The molecule has 0 saturated heterocycles. The van der Waals surface area contributed by atoms with E-state index in [1.165, 1.54) is 0 Å². The number of aliphatic hydroxyl groups is 1. The summed E-state index contributed by atoms with van der Waals surface area (Å²) in [5.41, 5.74) is 3.32. The maximum atomic E-state index is 9.20. The summed E-state index contributed by atoms with van der Waals surface area (Å²) >= 11 is 6.04. The molecule has 2 aromatic carbocycles. The van der Waals surface area contributed by atoms with Gasteiger partial charge in [0.2, 0.25) is 0 Å². The van der Waals surface area contributed by atoms with E-state index in [-0.39, 0.29) is 6.61 Å². The van der Waals surface area contributed by atoms with Crippen LogP contribution in [0, 0.1) is 0 Å². The van der Waals surface area contributed by atoms with Crippen LogP contribution >= 0.6 is 21.9 Å². The molecule has 1 N–H and O–H groups in total. The van der Waals surface area contributed by atoms with Crippen LogP contribution in [0.25, 0.3) is 5.57 Å². The van der Waals surface area contributed by atoms with E-state index in [1.54, 1.807) is 6.08 Å². The van der Waals surface area contributed by atoms with Gasteiger partial charge in [-0.3, -0.25) is 0 Å². The Bertz CT molecular complexity index is 776. The molecule has 0 saturated carbocycles. The number of allylic oxidation sites excluding steroid dienone is 1. The lowest BCUT2D eigenvalue weighted by atomic mass is 9.96. The Morgan fingerprint density at radius 1 is 1.09 bits per heavy atom. The number of hydrogen-bond donors (Lipinski definition) is 1. The summed E-state index contributed by atoms with van der Waals surface area (Å²) in [7, 11) is -1.47. The normalized spacial score (nSPS) is 17.7. The maximum Gasteiger partial charge on any atom is 0.143 e. The molecule has 0 bridgehead atoms. The molecule has 0 unspecified atom stereocenters. The molecule has 1 aliphatic rings. The van der Waals surface area contributed by atoms with Gasteiger partial charge in [0.15, 0.2) is 0 Å². The largest absolute Gasteiger partial charge is 0.444 e. The third-order valence-electron chi connectivity index (χ3n) is 3.74. The fourth-order valence-electron chi connectivity index (χ4n) is 2.71. The Balaban J connectivity index is 2.30. The predicted octanol–water partition coefficient (Wildman–Crippen LogP) is 5.02. The lowest BCUT2D eigenvalue weighted by Crippen LogP contribution is -2.14. The van der Waals surface area contributed by atoms with Gasteiger partial charge in [0.1, 0.15) is 5.75 Å². The first-order valence-corrected chi connectivity index (χ1v) is 10.1. The van der Waals surface area contributed by atoms with Crippen LogP contribution in [0.15, 0.2) is 65.6 Å². The van der Waals surface area contributed by atoms with Gasteiger partial charge in [-0.05, 0) is 29.8 Å². The Morgan fingerprint density at radius 2 is 1.78 bits per heavy atom. The monoisotopic (exact) mass is 346 g/mol. The Labute approximate surface area is 143 Å². The summed E-state index contributed by atoms with van der Waals surface area (Å²) in [6.07, 6.45) is 7.98. The summed E-state index contributed by atoms with van der Waals surface area (Å²) in [6.45, 7) is 0.00850. The molecule has 0 fully saturated rings. The van der Waals surface area contributed by atoms with Crippen LogP contribution in [0.5, 0.6) is 5.75 Å². The van der Waals surface area contributed by atoms with Crippen molar-refractivity contribution >= 4 is 27.5 Å². The van der Waals surface area contributed by atoms with Gasteiger partial charge in [-0.15, -0.1) is 0 Å². The van der Waals surface area contributed by atoms with E-state index in [0.717, 1.165) is 27.4 Å². The van der Waals surface area contributed by atoms with Gasteiger partial charge in [-0.1, -0.05) is 58.3 Å². The Kier molecular flexibility index (Phi) is 4.53. The van der Waals surface area contributed by atoms with E-state index in [4.69, 9.17) is 15.8 Å². The molecular formula is C19H19ClO2S.